The van der Waals surface area contributed by atoms with Gasteiger partial charge in [0.05, 0.1) is 12.6 Å². The smallest absolute Gasteiger partial charge is 0.200 e. The number of aliphatic hydroxyl groups excluding tert-OH is 1. The third-order valence-electron chi connectivity index (χ3n) is 7.54. The van der Waals surface area contributed by atoms with E-state index in [1.54, 1.807) is 31.5 Å². The first-order valence-electron chi connectivity index (χ1n) is 12.7. The highest BCUT2D eigenvalue weighted by Crippen LogP contribution is 2.41. The zero-order chi connectivity index (χ0) is 27.3. The minimum absolute atomic E-state index is 0.0545. The van der Waals surface area contributed by atoms with E-state index in [0.29, 0.717) is 72.7 Å². The Hall–Kier alpha value is -2.95. The number of aliphatic hydroxyl groups is 1. The van der Waals surface area contributed by atoms with E-state index in [1.165, 1.54) is 0 Å². The minimum Gasteiger partial charge on any atom is -0.497 e. The van der Waals surface area contributed by atoms with Crippen LogP contribution in [-0.4, -0.2) is 54.9 Å². The monoisotopic (exact) mass is 535 g/mol. The maximum atomic E-state index is 15.8. The van der Waals surface area contributed by atoms with Gasteiger partial charge in [-0.2, -0.15) is 4.39 Å². The molecule has 10 heteroatoms. The number of halogens is 4. The van der Waals surface area contributed by atoms with Gasteiger partial charge in [0.25, 0.3) is 0 Å². The van der Waals surface area contributed by atoms with Crippen molar-refractivity contribution in [3.8, 4) is 11.5 Å². The molecule has 206 valence electrons. The Morgan fingerprint density at radius 1 is 1.16 bits per heavy atom. The maximum absolute atomic E-state index is 15.8. The molecule has 1 aliphatic rings. The number of ether oxygens (including phenoxy) is 2. The van der Waals surface area contributed by atoms with Crippen molar-refractivity contribution in [2.45, 2.75) is 38.4 Å². The SMILES string of the molecule is COc1ccc2ncc(CN)c([C@@H](F)CCC3(CO)CCN(CCOc4cc(F)cc(F)c4F)CC3)c2c1. The number of piperidine rings is 1. The van der Waals surface area contributed by atoms with E-state index >= 15 is 4.39 Å². The molecule has 0 radical (unpaired) electrons. The summed E-state index contributed by atoms with van der Waals surface area (Å²) in [6, 6.07) is 6.63. The number of alkyl halides is 1. The Kier molecular flexibility index (Phi) is 9.07. The van der Waals surface area contributed by atoms with Gasteiger partial charge in [0, 0.05) is 49.0 Å². The summed E-state index contributed by atoms with van der Waals surface area (Å²) in [5.41, 5.74) is 7.29. The lowest BCUT2D eigenvalue weighted by molar-refractivity contribution is 0.0264. The summed E-state index contributed by atoms with van der Waals surface area (Å²) in [5, 5.41) is 10.9. The molecule has 2 aromatic carbocycles. The average molecular weight is 536 g/mol. The predicted octanol–water partition coefficient (Wildman–Crippen LogP) is 5.06. The molecule has 1 aliphatic heterocycles. The number of rotatable bonds is 11. The summed E-state index contributed by atoms with van der Waals surface area (Å²) < 4.78 is 66.9. The Labute approximate surface area is 219 Å². The van der Waals surface area contributed by atoms with Crippen LogP contribution in [0, 0.1) is 22.9 Å². The topological polar surface area (TPSA) is 80.8 Å². The zero-order valence-corrected chi connectivity index (χ0v) is 21.4. The molecule has 0 unspecified atom stereocenters. The molecule has 0 saturated carbocycles. The number of nitrogens with zero attached hydrogens (tertiary/aromatic N) is 2. The second kappa shape index (κ2) is 12.3. The van der Waals surface area contributed by atoms with Crippen LogP contribution in [0.4, 0.5) is 17.6 Å². The first kappa shape index (κ1) is 28.1. The van der Waals surface area contributed by atoms with Crippen LogP contribution in [-0.2, 0) is 6.54 Å². The summed E-state index contributed by atoms with van der Waals surface area (Å²) >= 11 is 0. The van der Waals surface area contributed by atoms with Gasteiger partial charge in [-0.15, -0.1) is 0 Å². The first-order chi connectivity index (χ1) is 18.3. The number of hydrogen-bond donors (Lipinski definition) is 2. The first-order valence-corrected chi connectivity index (χ1v) is 12.7. The summed E-state index contributed by atoms with van der Waals surface area (Å²) in [5.74, 6) is -3.28. The van der Waals surface area contributed by atoms with Crippen LogP contribution in [0.5, 0.6) is 11.5 Å². The molecule has 2 heterocycles. The van der Waals surface area contributed by atoms with Crippen molar-refractivity contribution in [2.24, 2.45) is 11.1 Å². The van der Waals surface area contributed by atoms with Gasteiger partial charge < -0.3 is 20.3 Å². The van der Waals surface area contributed by atoms with Crippen molar-refractivity contribution in [1.82, 2.24) is 9.88 Å². The lowest BCUT2D eigenvalue weighted by Gasteiger charge is -2.41. The molecule has 0 aliphatic carbocycles. The number of pyridine rings is 1. The summed E-state index contributed by atoms with van der Waals surface area (Å²) in [6.45, 7) is 1.83. The lowest BCUT2D eigenvalue weighted by Crippen LogP contribution is -2.43. The maximum Gasteiger partial charge on any atom is 0.200 e. The van der Waals surface area contributed by atoms with Gasteiger partial charge in [-0.05, 0) is 68.0 Å². The van der Waals surface area contributed by atoms with Crippen molar-refractivity contribution in [3.05, 3.63) is 65.1 Å². The van der Waals surface area contributed by atoms with Crippen LogP contribution < -0.4 is 15.2 Å². The van der Waals surface area contributed by atoms with Gasteiger partial charge in [-0.25, -0.2) is 13.2 Å². The third kappa shape index (κ3) is 6.19. The number of aromatic nitrogens is 1. The predicted molar refractivity (Wildman–Crippen MR) is 136 cm³/mol. The minimum atomic E-state index is -1.30. The highest BCUT2D eigenvalue weighted by atomic mass is 19.2. The number of likely N-dealkylation sites (tertiary alicyclic amines) is 1. The quantitative estimate of drug-likeness (QED) is 0.264. The molecule has 3 N–H and O–H groups in total. The number of hydrogen-bond acceptors (Lipinski definition) is 6. The average Bonchev–Trinajstić information content (AvgIpc) is 2.94. The summed E-state index contributed by atoms with van der Waals surface area (Å²) in [7, 11) is 1.55. The summed E-state index contributed by atoms with van der Waals surface area (Å²) in [6.07, 6.45) is 2.32. The normalized spacial score (nSPS) is 16.5. The van der Waals surface area contributed by atoms with E-state index in [4.69, 9.17) is 15.2 Å². The van der Waals surface area contributed by atoms with Crippen molar-refractivity contribution < 1.29 is 32.1 Å². The highest BCUT2D eigenvalue weighted by molar-refractivity contribution is 5.85. The van der Waals surface area contributed by atoms with Crippen molar-refractivity contribution >= 4 is 10.9 Å². The molecule has 0 spiro atoms. The van der Waals surface area contributed by atoms with Crippen molar-refractivity contribution in [2.75, 3.05) is 40.0 Å². The molecular formula is C28H33F4N3O3. The molecule has 0 bridgehead atoms. The molecule has 6 nitrogen and oxygen atoms in total. The van der Waals surface area contributed by atoms with Crippen molar-refractivity contribution in [3.63, 3.8) is 0 Å². The van der Waals surface area contributed by atoms with E-state index < -0.39 is 34.8 Å². The van der Waals surface area contributed by atoms with Crippen LogP contribution in [0.2, 0.25) is 0 Å². The van der Waals surface area contributed by atoms with Gasteiger partial charge in [0.15, 0.2) is 11.6 Å². The zero-order valence-electron chi connectivity index (χ0n) is 21.4. The second-order valence-electron chi connectivity index (χ2n) is 9.84. The number of nitrogens with two attached hydrogens (primary N) is 1. The van der Waals surface area contributed by atoms with Gasteiger partial charge in [-0.3, -0.25) is 9.88 Å². The standard InChI is InChI=1S/C28H33F4N3O3/c1-37-20-2-3-24-21(14-20)26(18(15-33)16-34-24)22(30)4-5-28(17-36)6-8-35(9-7-28)10-11-38-25-13-19(29)12-23(31)27(25)32/h2-3,12-14,16,22,36H,4-11,15,17,33H2,1H3/t22-/m0/s1. The van der Waals surface area contributed by atoms with Gasteiger partial charge >= 0.3 is 0 Å². The summed E-state index contributed by atoms with van der Waals surface area (Å²) in [4.78, 5) is 6.47. The van der Waals surface area contributed by atoms with E-state index in [2.05, 4.69) is 9.88 Å². The van der Waals surface area contributed by atoms with Crippen LogP contribution in [0.25, 0.3) is 10.9 Å². The van der Waals surface area contributed by atoms with Crippen LogP contribution in [0.1, 0.15) is 43.0 Å². The van der Waals surface area contributed by atoms with E-state index in [1.807, 2.05) is 0 Å². The Balaban J connectivity index is 1.35. The molecule has 1 atom stereocenters. The Bertz CT molecular complexity index is 1250. The van der Waals surface area contributed by atoms with Gasteiger partial charge in [0.1, 0.15) is 24.3 Å². The number of methoxy groups -OCH3 is 1. The Morgan fingerprint density at radius 3 is 2.61 bits per heavy atom. The fraction of sp³-hybridized carbons (Fsp3) is 0.464. The highest BCUT2D eigenvalue weighted by Gasteiger charge is 2.35. The molecule has 0 amide bonds. The third-order valence-corrected chi connectivity index (χ3v) is 7.54. The fourth-order valence-electron chi connectivity index (χ4n) is 5.13. The van der Waals surface area contributed by atoms with Gasteiger partial charge in [-0.1, -0.05) is 0 Å². The molecule has 4 rings (SSSR count). The van der Waals surface area contributed by atoms with Crippen LogP contribution in [0.3, 0.4) is 0 Å². The molecular weight excluding hydrogens is 502 g/mol. The van der Waals surface area contributed by atoms with E-state index in [0.717, 1.165) is 6.07 Å². The van der Waals surface area contributed by atoms with E-state index in [9.17, 15) is 18.3 Å². The molecule has 3 aromatic rings. The fourth-order valence-corrected chi connectivity index (χ4v) is 5.13. The van der Waals surface area contributed by atoms with E-state index in [-0.39, 0.29) is 26.2 Å². The van der Waals surface area contributed by atoms with Crippen LogP contribution >= 0.6 is 0 Å². The Morgan fingerprint density at radius 2 is 1.92 bits per heavy atom. The molecule has 1 aromatic heterocycles. The number of benzene rings is 2. The molecule has 38 heavy (non-hydrogen) atoms. The second-order valence-corrected chi connectivity index (χ2v) is 9.84. The lowest BCUT2D eigenvalue weighted by atomic mass is 9.74. The number of fused-ring (bicyclic) bond motifs is 1. The largest absolute Gasteiger partial charge is 0.497 e. The molecule has 1 fully saturated rings. The van der Waals surface area contributed by atoms with Crippen molar-refractivity contribution in [1.29, 1.82) is 0 Å². The molecule has 1 saturated heterocycles. The van der Waals surface area contributed by atoms with Gasteiger partial charge in [0.2, 0.25) is 5.82 Å². The van der Waals surface area contributed by atoms with Crippen LogP contribution in [0.15, 0.2) is 36.5 Å².